The fourth-order valence-corrected chi connectivity index (χ4v) is 5.70. The second-order valence-corrected chi connectivity index (χ2v) is 10.5. The molecule has 0 N–H and O–H groups in total. The molecule has 1 aliphatic carbocycles. The van der Waals surface area contributed by atoms with Gasteiger partial charge in [0.1, 0.15) is 0 Å². The Balaban J connectivity index is 1.36. The molecular weight excluding hydrogens is 506 g/mol. The van der Waals surface area contributed by atoms with Crippen molar-refractivity contribution < 1.29 is 28.7 Å². The van der Waals surface area contributed by atoms with Gasteiger partial charge in [-0.3, -0.25) is 9.59 Å². The minimum atomic E-state index is -1.61. The number of hydrogen-bond donors (Lipinski definition) is 0. The van der Waals surface area contributed by atoms with Crippen LogP contribution in [0.25, 0.3) is 0 Å². The van der Waals surface area contributed by atoms with E-state index in [-0.39, 0.29) is 11.1 Å². The zero-order valence-electron chi connectivity index (χ0n) is 22.5. The summed E-state index contributed by atoms with van der Waals surface area (Å²) in [5.74, 6) is -1.84. The maximum absolute atomic E-state index is 13.5. The number of imide groups is 1. The molecule has 2 amide bonds. The summed E-state index contributed by atoms with van der Waals surface area (Å²) in [5.41, 5.74) is 1.95. The van der Waals surface area contributed by atoms with E-state index < -0.39 is 36.0 Å². The molecule has 0 spiro atoms. The van der Waals surface area contributed by atoms with Crippen LogP contribution in [0.15, 0.2) is 84.9 Å². The standard InChI is InChI=1S/C33H33NO6/c1-2-9-22-14-16-23(17-15-22)24-18-20-27(21-19-24)34-30(35)28(39-32(37)25-10-5-3-6-11-25)29(31(34)36)40-33(38)26-12-7-4-8-13-26/h3-8,10-13,18-23,28-29H,2,9,14-17H2,1H3/t22-,23-,28-,29-/m1/s1. The van der Waals surface area contributed by atoms with Gasteiger partial charge < -0.3 is 9.47 Å². The van der Waals surface area contributed by atoms with Crippen molar-refractivity contribution in [3.63, 3.8) is 0 Å². The first-order chi connectivity index (χ1) is 19.5. The second-order valence-electron chi connectivity index (χ2n) is 10.5. The topological polar surface area (TPSA) is 90.0 Å². The predicted octanol–water partition coefficient (Wildman–Crippen LogP) is 6.08. The van der Waals surface area contributed by atoms with E-state index in [1.54, 1.807) is 72.8 Å². The molecule has 7 heteroatoms. The smallest absolute Gasteiger partial charge is 0.339 e. The van der Waals surface area contributed by atoms with E-state index in [1.807, 2.05) is 12.1 Å². The largest absolute Gasteiger partial charge is 0.444 e. The molecule has 2 fully saturated rings. The summed E-state index contributed by atoms with van der Waals surface area (Å²) >= 11 is 0. The molecule has 1 heterocycles. The monoisotopic (exact) mass is 539 g/mol. The molecule has 1 saturated heterocycles. The molecule has 1 saturated carbocycles. The molecule has 0 aromatic heterocycles. The van der Waals surface area contributed by atoms with E-state index in [9.17, 15) is 19.2 Å². The zero-order chi connectivity index (χ0) is 28.1. The van der Waals surface area contributed by atoms with Crippen LogP contribution in [0, 0.1) is 5.92 Å². The van der Waals surface area contributed by atoms with Gasteiger partial charge in [0.25, 0.3) is 11.8 Å². The molecule has 2 atom stereocenters. The molecule has 0 bridgehead atoms. The van der Waals surface area contributed by atoms with Gasteiger partial charge in [0.2, 0.25) is 12.2 Å². The summed E-state index contributed by atoms with van der Waals surface area (Å²) in [7, 11) is 0. The van der Waals surface area contributed by atoms with Gasteiger partial charge in [0.05, 0.1) is 16.8 Å². The number of esters is 2. The molecule has 206 valence electrons. The van der Waals surface area contributed by atoms with E-state index >= 15 is 0 Å². The van der Waals surface area contributed by atoms with E-state index in [4.69, 9.17) is 9.47 Å². The Bertz CT molecular complexity index is 1280. The molecule has 5 rings (SSSR count). The van der Waals surface area contributed by atoms with E-state index in [0.29, 0.717) is 11.6 Å². The van der Waals surface area contributed by atoms with Crippen LogP contribution >= 0.6 is 0 Å². The molecule has 7 nitrogen and oxygen atoms in total. The van der Waals surface area contributed by atoms with Crippen molar-refractivity contribution in [3.05, 3.63) is 102 Å². The van der Waals surface area contributed by atoms with Gasteiger partial charge in [-0.05, 0) is 79.5 Å². The first kappa shape index (κ1) is 27.3. The van der Waals surface area contributed by atoms with Crippen LogP contribution in [0.3, 0.4) is 0 Å². The zero-order valence-corrected chi connectivity index (χ0v) is 22.5. The minimum absolute atomic E-state index is 0.215. The Morgan fingerprint density at radius 2 is 1.18 bits per heavy atom. The Morgan fingerprint density at radius 3 is 1.62 bits per heavy atom. The average molecular weight is 540 g/mol. The highest BCUT2D eigenvalue weighted by Crippen LogP contribution is 2.38. The van der Waals surface area contributed by atoms with Crippen molar-refractivity contribution in [2.45, 2.75) is 63.6 Å². The minimum Gasteiger partial charge on any atom is -0.444 e. The average Bonchev–Trinajstić information content (AvgIpc) is 3.22. The van der Waals surface area contributed by atoms with Crippen LogP contribution < -0.4 is 4.90 Å². The number of hydrogen-bond acceptors (Lipinski definition) is 6. The van der Waals surface area contributed by atoms with Crippen molar-refractivity contribution in [1.29, 1.82) is 0 Å². The molecule has 0 radical (unpaired) electrons. The van der Waals surface area contributed by atoms with Crippen molar-refractivity contribution in [2.75, 3.05) is 4.90 Å². The van der Waals surface area contributed by atoms with E-state index in [1.165, 1.54) is 31.2 Å². The Hall–Kier alpha value is -4.26. The van der Waals surface area contributed by atoms with E-state index in [0.717, 1.165) is 23.7 Å². The number of ether oxygens (including phenoxy) is 2. The first-order valence-corrected chi connectivity index (χ1v) is 14.0. The normalized spacial score (nSPS) is 22.7. The summed E-state index contributed by atoms with van der Waals surface area (Å²) in [4.78, 5) is 53.7. The number of anilines is 1. The van der Waals surface area contributed by atoms with Gasteiger partial charge >= 0.3 is 11.9 Å². The third-order valence-corrected chi connectivity index (χ3v) is 7.86. The fourth-order valence-electron chi connectivity index (χ4n) is 5.70. The summed E-state index contributed by atoms with van der Waals surface area (Å²) in [6.45, 7) is 2.23. The van der Waals surface area contributed by atoms with Crippen LogP contribution in [0.4, 0.5) is 5.69 Å². The maximum atomic E-state index is 13.5. The number of nitrogens with zero attached hydrogens (tertiary/aromatic N) is 1. The summed E-state index contributed by atoms with van der Waals surface area (Å²) < 4.78 is 11.0. The molecule has 3 aromatic rings. The molecule has 1 aliphatic heterocycles. The van der Waals surface area contributed by atoms with Crippen LogP contribution in [0.2, 0.25) is 0 Å². The Labute approximate surface area is 234 Å². The van der Waals surface area contributed by atoms with Crippen molar-refractivity contribution in [1.82, 2.24) is 0 Å². The third kappa shape index (κ3) is 5.83. The lowest BCUT2D eigenvalue weighted by atomic mass is 9.77. The lowest BCUT2D eigenvalue weighted by Gasteiger charge is -2.29. The number of amides is 2. The van der Waals surface area contributed by atoms with Crippen molar-refractivity contribution in [3.8, 4) is 0 Å². The predicted molar refractivity (Wildman–Crippen MR) is 150 cm³/mol. The summed E-state index contributed by atoms with van der Waals surface area (Å²) in [6.07, 6.45) is 3.95. The Morgan fingerprint density at radius 1 is 0.700 bits per heavy atom. The number of rotatable bonds is 8. The van der Waals surface area contributed by atoms with Gasteiger partial charge in [-0.1, -0.05) is 68.3 Å². The molecule has 3 aromatic carbocycles. The molecule has 40 heavy (non-hydrogen) atoms. The third-order valence-electron chi connectivity index (χ3n) is 7.86. The van der Waals surface area contributed by atoms with Gasteiger partial charge in [0.15, 0.2) is 0 Å². The first-order valence-electron chi connectivity index (χ1n) is 14.0. The fraction of sp³-hybridized carbons (Fsp3) is 0.333. The highest BCUT2D eigenvalue weighted by Gasteiger charge is 2.53. The number of carbonyl (C=O) groups excluding carboxylic acids is 4. The van der Waals surface area contributed by atoms with Crippen LogP contribution in [0.1, 0.15) is 77.6 Å². The molecular formula is C33H33NO6. The molecule has 2 aliphatic rings. The van der Waals surface area contributed by atoms with Crippen molar-refractivity contribution >= 4 is 29.4 Å². The summed E-state index contributed by atoms with van der Waals surface area (Å²) in [6, 6.07) is 23.7. The number of benzene rings is 3. The highest BCUT2D eigenvalue weighted by molar-refractivity contribution is 6.25. The van der Waals surface area contributed by atoms with Gasteiger partial charge in [-0.15, -0.1) is 0 Å². The van der Waals surface area contributed by atoms with E-state index in [2.05, 4.69) is 6.92 Å². The van der Waals surface area contributed by atoms with Crippen LogP contribution in [-0.2, 0) is 19.1 Å². The van der Waals surface area contributed by atoms with Gasteiger partial charge in [-0.25, -0.2) is 14.5 Å². The van der Waals surface area contributed by atoms with Crippen molar-refractivity contribution in [2.24, 2.45) is 5.92 Å². The summed E-state index contributed by atoms with van der Waals surface area (Å²) in [5, 5.41) is 0. The van der Waals surface area contributed by atoms with Crippen LogP contribution in [0.5, 0.6) is 0 Å². The second kappa shape index (κ2) is 12.3. The lowest BCUT2D eigenvalue weighted by Crippen LogP contribution is -2.37. The van der Waals surface area contributed by atoms with Crippen LogP contribution in [-0.4, -0.2) is 36.0 Å². The van der Waals surface area contributed by atoms with Gasteiger partial charge in [0, 0.05) is 0 Å². The number of carbonyl (C=O) groups is 4. The maximum Gasteiger partial charge on any atom is 0.339 e. The molecule has 0 unspecified atom stereocenters. The highest BCUT2D eigenvalue weighted by atomic mass is 16.6. The SMILES string of the molecule is CCC[C@H]1CC[C@H](c2ccc(N3C(=O)[C@H](OC(=O)c4ccccc4)[C@@H](OC(=O)c4ccccc4)C3=O)cc2)CC1. The quantitative estimate of drug-likeness (QED) is 0.254. The van der Waals surface area contributed by atoms with Gasteiger partial charge in [-0.2, -0.15) is 0 Å². The lowest BCUT2D eigenvalue weighted by molar-refractivity contribution is -0.130. The Kier molecular flexibility index (Phi) is 8.39.